The van der Waals surface area contributed by atoms with E-state index < -0.39 is 0 Å². The van der Waals surface area contributed by atoms with E-state index in [1.165, 1.54) is 0 Å². The van der Waals surface area contributed by atoms with Gasteiger partial charge in [0.1, 0.15) is 0 Å². The van der Waals surface area contributed by atoms with E-state index in [0.29, 0.717) is 13.0 Å². The van der Waals surface area contributed by atoms with E-state index in [1.54, 1.807) is 0 Å². The van der Waals surface area contributed by atoms with Crippen molar-refractivity contribution < 1.29 is 9.53 Å². The van der Waals surface area contributed by atoms with Crippen LogP contribution in [0.3, 0.4) is 0 Å². The summed E-state index contributed by atoms with van der Waals surface area (Å²) < 4.78 is 4.84. The molecule has 1 aromatic rings. The van der Waals surface area contributed by atoms with Crippen LogP contribution < -0.4 is 11.1 Å². The molecule has 0 bridgehead atoms. The highest BCUT2D eigenvalue weighted by atomic mass is 16.5. The third-order valence-electron chi connectivity index (χ3n) is 2.32. The van der Waals surface area contributed by atoms with E-state index in [4.69, 9.17) is 10.5 Å². The van der Waals surface area contributed by atoms with Gasteiger partial charge in [-0.15, -0.1) is 0 Å². The molecule has 0 heterocycles. The van der Waals surface area contributed by atoms with E-state index in [2.05, 4.69) is 5.32 Å². The average molecular weight is 236 g/mol. The van der Waals surface area contributed by atoms with Crippen molar-refractivity contribution in [2.45, 2.75) is 26.3 Å². The highest BCUT2D eigenvalue weighted by Crippen LogP contribution is 2.05. The molecule has 0 aliphatic heterocycles. The van der Waals surface area contributed by atoms with E-state index in [1.807, 2.05) is 31.2 Å². The molecule has 0 unspecified atom stereocenters. The van der Waals surface area contributed by atoms with E-state index in [9.17, 15) is 4.79 Å². The summed E-state index contributed by atoms with van der Waals surface area (Å²) >= 11 is 0. The number of carbonyl (C=O) groups is 1. The largest absolute Gasteiger partial charge is 0.466 e. The molecule has 0 aromatic heterocycles. The molecule has 3 N–H and O–H groups in total. The average Bonchev–Trinajstić information content (AvgIpc) is 2.29. The lowest BCUT2D eigenvalue weighted by atomic mass is 10.2. The fourth-order valence-corrected chi connectivity index (χ4v) is 1.53. The molecule has 0 spiro atoms. The zero-order valence-corrected chi connectivity index (χ0v) is 10.2. The molecular weight excluding hydrogens is 216 g/mol. The number of benzene rings is 1. The van der Waals surface area contributed by atoms with Crippen LogP contribution in [0.5, 0.6) is 0 Å². The van der Waals surface area contributed by atoms with Gasteiger partial charge in [0.2, 0.25) is 0 Å². The predicted octanol–water partition coefficient (Wildman–Crippen LogP) is 1.70. The number of anilines is 1. The maximum atomic E-state index is 11.1. The van der Waals surface area contributed by atoms with Gasteiger partial charge < -0.3 is 15.8 Å². The van der Waals surface area contributed by atoms with Gasteiger partial charge in [0.05, 0.1) is 6.61 Å². The second-order valence-corrected chi connectivity index (χ2v) is 3.83. The van der Waals surface area contributed by atoms with Crippen molar-refractivity contribution in [1.29, 1.82) is 0 Å². The van der Waals surface area contributed by atoms with Gasteiger partial charge in [-0.3, -0.25) is 4.79 Å². The first-order chi connectivity index (χ1) is 8.22. The lowest BCUT2D eigenvalue weighted by Gasteiger charge is -2.05. The number of nitrogens with one attached hydrogen (secondary N) is 1. The van der Waals surface area contributed by atoms with Gasteiger partial charge in [-0.05, 0) is 37.6 Å². The van der Waals surface area contributed by atoms with Crippen LogP contribution in [0.4, 0.5) is 5.69 Å². The molecule has 0 atom stereocenters. The van der Waals surface area contributed by atoms with Gasteiger partial charge in [-0.1, -0.05) is 12.1 Å². The molecule has 0 fully saturated rings. The van der Waals surface area contributed by atoms with Crippen LogP contribution in [0.2, 0.25) is 0 Å². The normalized spacial score (nSPS) is 10.2. The second kappa shape index (κ2) is 7.68. The maximum Gasteiger partial charge on any atom is 0.305 e. The van der Waals surface area contributed by atoms with Crippen molar-refractivity contribution >= 4 is 11.7 Å². The molecule has 94 valence electrons. The zero-order valence-electron chi connectivity index (χ0n) is 10.2. The van der Waals surface area contributed by atoms with Crippen molar-refractivity contribution in [1.82, 2.24) is 5.32 Å². The number of rotatable bonds is 7. The molecule has 0 radical (unpaired) electrons. The number of ether oxygens (including phenoxy) is 1. The molecule has 0 aliphatic carbocycles. The Kier molecular flexibility index (Phi) is 6.10. The first-order valence-corrected chi connectivity index (χ1v) is 5.93. The molecule has 0 saturated heterocycles. The SMILES string of the molecule is CCOC(=O)CCCNCc1cccc(N)c1. The van der Waals surface area contributed by atoms with E-state index in [-0.39, 0.29) is 5.97 Å². The maximum absolute atomic E-state index is 11.1. The molecule has 0 amide bonds. The molecule has 0 aliphatic rings. The van der Waals surface area contributed by atoms with Crippen LogP contribution in [-0.4, -0.2) is 19.1 Å². The molecule has 1 rings (SSSR count). The van der Waals surface area contributed by atoms with Crippen molar-refractivity contribution in [3.05, 3.63) is 29.8 Å². The Bertz CT molecular complexity index is 353. The summed E-state index contributed by atoms with van der Waals surface area (Å²) in [4.78, 5) is 11.1. The Balaban J connectivity index is 2.10. The fourth-order valence-electron chi connectivity index (χ4n) is 1.53. The first kappa shape index (κ1) is 13.5. The van der Waals surface area contributed by atoms with E-state index >= 15 is 0 Å². The third-order valence-corrected chi connectivity index (χ3v) is 2.32. The fraction of sp³-hybridized carbons (Fsp3) is 0.462. The molecule has 17 heavy (non-hydrogen) atoms. The number of hydrogen-bond donors (Lipinski definition) is 2. The minimum Gasteiger partial charge on any atom is -0.466 e. The summed E-state index contributed by atoms with van der Waals surface area (Å²) in [5.41, 5.74) is 7.60. The monoisotopic (exact) mass is 236 g/mol. The van der Waals surface area contributed by atoms with Gasteiger partial charge in [0, 0.05) is 18.7 Å². The van der Waals surface area contributed by atoms with Crippen molar-refractivity contribution in [3.8, 4) is 0 Å². The Hall–Kier alpha value is -1.55. The summed E-state index contributed by atoms with van der Waals surface area (Å²) in [6.07, 6.45) is 1.26. The number of nitrogen functional groups attached to an aromatic ring is 1. The van der Waals surface area contributed by atoms with Crippen molar-refractivity contribution in [2.75, 3.05) is 18.9 Å². The zero-order chi connectivity index (χ0) is 12.5. The lowest BCUT2D eigenvalue weighted by molar-refractivity contribution is -0.143. The molecule has 1 aromatic carbocycles. The summed E-state index contributed by atoms with van der Waals surface area (Å²) in [5, 5.41) is 3.26. The molecule has 4 nitrogen and oxygen atoms in total. The summed E-state index contributed by atoms with van der Waals surface area (Å²) in [6.45, 7) is 3.84. The number of carbonyl (C=O) groups excluding carboxylic acids is 1. The topological polar surface area (TPSA) is 64.3 Å². The summed E-state index contributed by atoms with van der Waals surface area (Å²) in [5.74, 6) is -0.127. The van der Waals surface area contributed by atoms with Crippen molar-refractivity contribution in [3.63, 3.8) is 0 Å². The predicted molar refractivity (Wildman–Crippen MR) is 68.4 cm³/mol. The smallest absolute Gasteiger partial charge is 0.305 e. The Morgan fingerprint density at radius 3 is 3.00 bits per heavy atom. The van der Waals surface area contributed by atoms with Gasteiger partial charge in [-0.25, -0.2) is 0 Å². The minimum atomic E-state index is -0.127. The number of nitrogens with two attached hydrogens (primary N) is 1. The van der Waals surface area contributed by atoms with Crippen LogP contribution in [0.15, 0.2) is 24.3 Å². The van der Waals surface area contributed by atoms with Crippen LogP contribution in [0.1, 0.15) is 25.3 Å². The third kappa shape index (κ3) is 5.92. The highest BCUT2D eigenvalue weighted by molar-refractivity contribution is 5.69. The standard InChI is InChI=1S/C13H20N2O2/c1-2-17-13(16)7-4-8-15-10-11-5-3-6-12(14)9-11/h3,5-6,9,15H,2,4,7-8,10,14H2,1H3. The van der Waals surface area contributed by atoms with Gasteiger partial charge in [0.15, 0.2) is 0 Å². The minimum absolute atomic E-state index is 0.127. The quantitative estimate of drug-likeness (QED) is 0.429. The first-order valence-electron chi connectivity index (χ1n) is 5.93. The molecular formula is C13H20N2O2. The van der Waals surface area contributed by atoms with Crippen LogP contribution in [0, 0.1) is 0 Å². The molecule has 0 saturated carbocycles. The molecule has 4 heteroatoms. The van der Waals surface area contributed by atoms with Crippen LogP contribution in [0.25, 0.3) is 0 Å². The van der Waals surface area contributed by atoms with Gasteiger partial charge >= 0.3 is 5.97 Å². The lowest BCUT2D eigenvalue weighted by Crippen LogP contribution is -2.16. The Labute approximate surface area is 102 Å². The van der Waals surface area contributed by atoms with Gasteiger partial charge in [0.25, 0.3) is 0 Å². The van der Waals surface area contributed by atoms with Crippen LogP contribution >= 0.6 is 0 Å². The summed E-state index contributed by atoms with van der Waals surface area (Å²) in [6, 6.07) is 7.77. The number of hydrogen-bond acceptors (Lipinski definition) is 4. The second-order valence-electron chi connectivity index (χ2n) is 3.83. The van der Waals surface area contributed by atoms with Crippen molar-refractivity contribution in [2.24, 2.45) is 0 Å². The van der Waals surface area contributed by atoms with Crippen LogP contribution in [-0.2, 0) is 16.1 Å². The van der Waals surface area contributed by atoms with E-state index in [0.717, 1.165) is 30.8 Å². The Morgan fingerprint density at radius 2 is 2.29 bits per heavy atom. The Morgan fingerprint density at radius 1 is 1.47 bits per heavy atom. The summed E-state index contributed by atoms with van der Waals surface area (Å²) in [7, 11) is 0. The van der Waals surface area contributed by atoms with Gasteiger partial charge in [-0.2, -0.15) is 0 Å². The number of esters is 1. The highest BCUT2D eigenvalue weighted by Gasteiger charge is 2.00.